The van der Waals surface area contributed by atoms with E-state index >= 15 is 0 Å². The maximum absolute atomic E-state index is 13.6. The van der Waals surface area contributed by atoms with Crippen LogP contribution in [-0.2, 0) is 4.74 Å². The van der Waals surface area contributed by atoms with Crippen molar-refractivity contribution in [2.75, 3.05) is 18.4 Å². The van der Waals surface area contributed by atoms with Gasteiger partial charge in [-0.2, -0.15) is 0 Å². The van der Waals surface area contributed by atoms with Crippen molar-refractivity contribution in [2.24, 2.45) is 5.92 Å². The van der Waals surface area contributed by atoms with E-state index in [1.54, 1.807) is 4.90 Å². The molecule has 0 spiro atoms. The van der Waals surface area contributed by atoms with Crippen molar-refractivity contribution in [3.63, 3.8) is 0 Å². The Morgan fingerprint density at radius 3 is 2.62 bits per heavy atom. The molecule has 10 heteroatoms. The zero-order valence-corrected chi connectivity index (χ0v) is 19.6. The van der Waals surface area contributed by atoms with Crippen LogP contribution >= 0.6 is 12.3 Å². The van der Waals surface area contributed by atoms with Gasteiger partial charge in [0.2, 0.25) is 0 Å². The van der Waals surface area contributed by atoms with Crippen molar-refractivity contribution < 1.29 is 18.2 Å². The average Bonchev–Trinajstić information content (AvgIpc) is 3.41. The molecule has 1 N–H and O–H groups in total. The summed E-state index contributed by atoms with van der Waals surface area (Å²) in [4.78, 5) is 36.0. The zero-order chi connectivity index (χ0) is 22.9. The molecule has 8 nitrogen and oxygen atoms in total. The molecule has 3 heterocycles. The summed E-state index contributed by atoms with van der Waals surface area (Å²) in [6.45, 7) is 6.63. The van der Waals surface area contributed by atoms with Crippen LogP contribution in [0.25, 0.3) is 11.0 Å². The van der Waals surface area contributed by atoms with Gasteiger partial charge in [0.05, 0.1) is 5.39 Å². The van der Waals surface area contributed by atoms with Crippen LogP contribution in [0.1, 0.15) is 69.7 Å². The molecule has 32 heavy (non-hydrogen) atoms. The molecule has 4 rings (SSSR count). The summed E-state index contributed by atoms with van der Waals surface area (Å²) in [6, 6.07) is -0.0646. The third-order valence-corrected chi connectivity index (χ3v) is 6.46. The number of aromatic nitrogens is 3. The van der Waals surface area contributed by atoms with Crippen molar-refractivity contribution in [3.05, 3.63) is 18.1 Å². The summed E-state index contributed by atoms with van der Waals surface area (Å²) in [5.41, 5.74) is 0.273. The lowest BCUT2D eigenvalue weighted by atomic mass is 9.96. The lowest BCUT2D eigenvalue weighted by molar-refractivity contribution is 0.0206. The highest BCUT2D eigenvalue weighted by molar-refractivity contribution is 7.92. The van der Waals surface area contributed by atoms with Gasteiger partial charge in [0.25, 0.3) is 0 Å². The molecule has 2 aromatic rings. The molecule has 1 unspecified atom stereocenters. The van der Waals surface area contributed by atoms with Gasteiger partial charge in [-0.05, 0) is 46.5 Å². The average molecular weight is 464 g/mol. The summed E-state index contributed by atoms with van der Waals surface area (Å²) in [6.07, 6.45) is 8.02. The normalized spacial score (nSPS) is 20.0. The fourth-order valence-corrected chi connectivity index (χ4v) is 4.92. The second-order valence-corrected chi connectivity index (χ2v) is 10.1. The largest absolute Gasteiger partial charge is 0.444 e. The monoisotopic (exact) mass is 463 g/mol. The Labute approximate surface area is 191 Å². The second-order valence-electron chi connectivity index (χ2n) is 9.61. The van der Waals surface area contributed by atoms with Crippen LogP contribution in [0.2, 0.25) is 0 Å². The molecule has 2 fully saturated rings. The van der Waals surface area contributed by atoms with Crippen LogP contribution in [0, 0.1) is 5.92 Å². The third-order valence-electron chi connectivity index (χ3n) is 6.03. The van der Waals surface area contributed by atoms with Crippen molar-refractivity contribution in [2.45, 2.75) is 70.9 Å². The molecule has 1 saturated heterocycles. The number of nitrogens with zero attached hydrogens (tertiary/aromatic N) is 4. The topological polar surface area (TPSA) is 89.3 Å². The van der Waals surface area contributed by atoms with Gasteiger partial charge >= 0.3 is 6.09 Å². The Hall–Kier alpha value is -2.36. The van der Waals surface area contributed by atoms with Crippen molar-refractivity contribution in [3.8, 4) is 0 Å². The number of ketones is 1. The molecule has 2 aromatic heterocycles. The zero-order valence-electron chi connectivity index (χ0n) is 18.8. The number of fused-ring (bicyclic) bond motifs is 1. The van der Waals surface area contributed by atoms with Crippen molar-refractivity contribution in [1.82, 2.24) is 18.8 Å². The number of Topliss-reactive ketones (excluding diaryl/α,β-unsaturated/α-hetero) is 1. The number of ether oxygens (including phenoxy) is 1. The van der Waals surface area contributed by atoms with E-state index in [1.165, 1.54) is 16.5 Å². The first-order valence-corrected chi connectivity index (χ1v) is 11.9. The first-order valence-electron chi connectivity index (χ1n) is 11.2. The highest BCUT2D eigenvalue weighted by Gasteiger charge is 2.31. The minimum absolute atomic E-state index is 0.0203. The first-order chi connectivity index (χ1) is 15.3. The summed E-state index contributed by atoms with van der Waals surface area (Å²) < 4.78 is 20.4. The predicted octanol–water partition coefficient (Wildman–Crippen LogP) is 5.00. The van der Waals surface area contributed by atoms with Crippen LogP contribution in [0.15, 0.2) is 12.5 Å². The third kappa shape index (κ3) is 4.84. The molecule has 2 aliphatic rings. The molecule has 1 amide bonds. The number of hydrogen-bond donors (Lipinski definition) is 1. The molecular weight excluding hydrogens is 433 g/mol. The smallest absolute Gasteiger partial charge is 0.410 e. The van der Waals surface area contributed by atoms with E-state index in [2.05, 4.69) is 15.3 Å². The highest BCUT2D eigenvalue weighted by atomic mass is 32.2. The van der Waals surface area contributed by atoms with Crippen LogP contribution in [-0.4, -0.2) is 55.4 Å². The van der Waals surface area contributed by atoms with Gasteiger partial charge in [0.15, 0.2) is 23.8 Å². The van der Waals surface area contributed by atoms with Crippen LogP contribution in [0.4, 0.5) is 14.5 Å². The molecule has 0 aromatic carbocycles. The van der Waals surface area contributed by atoms with Gasteiger partial charge in [-0.3, -0.25) is 4.79 Å². The number of amides is 1. The van der Waals surface area contributed by atoms with Crippen molar-refractivity contribution in [1.29, 1.82) is 0 Å². The van der Waals surface area contributed by atoms with Gasteiger partial charge in [-0.1, -0.05) is 12.8 Å². The molecule has 1 atom stereocenters. The molecule has 1 aliphatic heterocycles. The number of anilines is 1. The summed E-state index contributed by atoms with van der Waals surface area (Å²) >= 11 is 0.0203. The molecule has 174 valence electrons. The molecule has 0 radical (unpaired) electrons. The summed E-state index contributed by atoms with van der Waals surface area (Å²) in [5, 5.41) is 3.94. The van der Waals surface area contributed by atoms with Gasteiger partial charge in [0.1, 0.15) is 17.7 Å². The molecule has 1 aliphatic carbocycles. The first kappa shape index (κ1) is 22.8. The number of nitrogens with one attached hydrogen (secondary N) is 1. The number of halogens is 1. The number of carbonyl (C=O) groups is 2. The van der Waals surface area contributed by atoms with E-state index in [0.717, 1.165) is 38.5 Å². The summed E-state index contributed by atoms with van der Waals surface area (Å²) in [5.74, 6) is 0.487. The highest BCUT2D eigenvalue weighted by Crippen LogP contribution is 2.35. The standard InChI is InChI=1S/C22H30FN5O3S/c1-22(2,3)31-21(30)27-10-6-9-15(11-27)26-19-17-16(18(29)14-7-4-5-8-14)12-28(32-23)20(17)25-13-24-19/h12-15H,4-11H2,1-3H3,(H,24,25,26). The lowest BCUT2D eigenvalue weighted by Crippen LogP contribution is -2.47. The number of hydrogen-bond acceptors (Lipinski definition) is 7. The van der Waals surface area contributed by atoms with Crippen LogP contribution < -0.4 is 5.32 Å². The fraction of sp³-hybridized carbons (Fsp3) is 0.636. The lowest BCUT2D eigenvalue weighted by Gasteiger charge is -2.34. The Morgan fingerprint density at radius 2 is 1.94 bits per heavy atom. The van der Waals surface area contributed by atoms with E-state index < -0.39 is 5.60 Å². The summed E-state index contributed by atoms with van der Waals surface area (Å²) in [7, 11) is 0. The maximum atomic E-state index is 13.6. The van der Waals surface area contributed by atoms with Crippen LogP contribution in [0.5, 0.6) is 0 Å². The molecule has 0 bridgehead atoms. The van der Waals surface area contributed by atoms with E-state index in [-0.39, 0.29) is 36.2 Å². The van der Waals surface area contributed by atoms with Gasteiger partial charge in [-0.15, -0.1) is 3.89 Å². The van der Waals surface area contributed by atoms with Crippen LogP contribution in [0.3, 0.4) is 0 Å². The Bertz CT molecular complexity index is 999. The molecular formula is C22H30FN5O3S. The Kier molecular flexibility index (Phi) is 6.60. The SMILES string of the molecule is CC(C)(C)OC(=O)N1CCCC(Nc2ncnc3c2c(C(=O)C2CCCC2)cn3SF)C1. The maximum Gasteiger partial charge on any atom is 0.410 e. The minimum Gasteiger partial charge on any atom is -0.444 e. The Balaban J connectivity index is 1.59. The number of likely N-dealkylation sites (tertiary alicyclic amines) is 1. The van der Waals surface area contributed by atoms with Crippen molar-refractivity contribution >= 4 is 41.1 Å². The van der Waals surface area contributed by atoms with E-state index in [1.807, 2.05) is 20.8 Å². The van der Waals surface area contributed by atoms with E-state index in [0.29, 0.717) is 35.5 Å². The van der Waals surface area contributed by atoms with Gasteiger partial charge < -0.3 is 15.0 Å². The second kappa shape index (κ2) is 9.25. The fourth-order valence-electron chi connectivity index (χ4n) is 4.57. The Morgan fingerprint density at radius 1 is 1.19 bits per heavy atom. The predicted molar refractivity (Wildman–Crippen MR) is 122 cm³/mol. The minimum atomic E-state index is -0.557. The number of piperidine rings is 1. The number of rotatable bonds is 5. The van der Waals surface area contributed by atoms with Gasteiger partial charge in [0, 0.05) is 36.8 Å². The molecule has 1 saturated carbocycles. The number of carbonyl (C=O) groups excluding carboxylic acids is 2. The van der Waals surface area contributed by atoms with E-state index in [9.17, 15) is 13.5 Å². The van der Waals surface area contributed by atoms with Gasteiger partial charge in [-0.25, -0.2) is 18.7 Å². The van der Waals surface area contributed by atoms with E-state index in [4.69, 9.17) is 4.74 Å². The quantitative estimate of drug-likeness (QED) is 0.624.